The van der Waals surface area contributed by atoms with Gasteiger partial charge in [-0.25, -0.2) is 0 Å². The first-order chi connectivity index (χ1) is 15.7. The quantitative estimate of drug-likeness (QED) is 0.624. The van der Waals surface area contributed by atoms with Crippen molar-refractivity contribution in [1.82, 2.24) is 19.8 Å². The van der Waals surface area contributed by atoms with E-state index in [1.165, 1.54) is 0 Å². The van der Waals surface area contributed by atoms with E-state index in [1.54, 1.807) is 12.4 Å². The van der Waals surface area contributed by atoms with Crippen LogP contribution in [-0.2, 0) is 0 Å². The van der Waals surface area contributed by atoms with Gasteiger partial charge in [0.2, 0.25) is 0 Å². The van der Waals surface area contributed by atoms with Crippen molar-refractivity contribution in [3.8, 4) is 5.75 Å². The van der Waals surface area contributed by atoms with Gasteiger partial charge in [0, 0.05) is 55.7 Å². The Balaban J connectivity index is 1.16. The lowest BCUT2D eigenvalue weighted by Crippen LogP contribution is -2.50. The number of pyridine rings is 2. The zero-order valence-electron chi connectivity index (χ0n) is 18.6. The Bertz CT molecular complexity index is 1070. The molecule has 0 N–H and O–H groups in total. The third-order valence-electron chi connectivity index (χ3n) is 6.79. The first-order valence-corrected chi connectivity index (χ1v) is 11.6. The van der Waals surface area contributed by atoms with Crippen LogP contribution in [0, 0.1) is 6.92 Å². The molecule has 0 unspecified atom stereocenters. The highest BCUT2D eigenvalue weighted by Gasteiger charge is 2.31. The number of rotatable bonds is 4. The number of amides is 1. The molecule has 5 rings (SSSR count). The monoisotopic (exact) mass is 430 g/mol. The number of nitrogens with zero attached hydrogens (tertiary/aromatic N) is 4. The van der Waals surface area contributed by atoms with Gasteiger partial charge in [-0.1, -0.05) is 18.2 Å². The number of hydrogen-bond acceptors (Lipinski definition) is 5. The van der Waals surface area contributed by atoms with Crippen molar-refractivity contribution in [3.63, 3.8) is 0 Å². The average Bonchev–Trinajstić information content (AvgIpc) is 2.84. The van der Waals surface area contributed by atoms with Gasteiger partial charge >= 0.3 is 0 Å². The molecule has 4 heterocycles. The summed E-state index contributed by atoms with van der Waals surface area (Å²) >= 11 is 0. The number of para-hydroxylation sites is 1. The first-order valence-electron chi connectivity index (χ1n) is 11.6. The number of hydrogen-bond donors (Lipinski definition) is 0. The van der Waals surface area contributed by atoms with Gasteiger partial charge < -0.3 is 9.64 Å². The molecule has 0 radical (unpaired) electrons. The zero-order chi connectivity index (χ0) is 21.9. The van der Waals surface area contributed by atoms with Crippen LogP contribution in [0.1, 0.15) is 41.7 Å². The van der Waals surface area contributed by atoms with Gasteiger partial charge in [0.05, 0.1) is 11.1 Å². The molecule has 6 heteroatoms. The highest BCUT2D eigenvalue weighted by atomic mass is 16.5. The van der Waals surface area contributed by atoms with Crippen molar-refractivity contribution in [2.75, 3.05) is 26.2 Å². The molecule has 3 aromatic rings. The van der Waals surface area contributed by atoms with Gasteiger partial charge in [0.15, 0.2) is 0 Å². The van der Waals surface area contributed by atoms with Crippen molar-refractivity contribution in [1.29, 1.82) is 0 Å². The Labute approximate surface area is 189 Å². The second-order valence-corrected chi connectivity index (χ2v) is 8.89. The van der Waals surface area contributed by atoms with Crippen LogP contribution < -0.4 is 4.74 Å². The van der Waals surface area contributed by atoms with E-state index in [-0.39, 0.29) is 12.0 Å². The minimum Gasteiger partial charge on any atom is -0.490 e. The van der Waals surface area contributed by atoms with E-state index in [4.69, 9.17) is 4.74 Å². The van der Waals surface area contributed by atoms with Gasteiger partial charge in [-0.05, 0) is 56.9 Å². The van der Waals surface area contributed by atoms with E-state index in [1.807, 2.05) is 54.3 Å². The summed E-state index contributed by atoms with van der Waals surface area (Å²) in [7, 11) is 0. The Kier molecular flexibility index (Phi) is 6.04. The number of aryl methyl sites for hydroxylation is 1. The van der Waals surface area contributed by atoms with Crippen LogP contribution in [-0.4, -0.2) is 64.0 Å². The number of ether oxygens (including phenoxy) is 1. The minimum atomic E-state index is 0.108. The molecule has 6 nitrogen and oxygen atoms in total. The third kappa shape index (κ3) is 4.46. The molecule has 0 atom stereocenters. The van der Waals surface area contributed by atoms with Gasteiger partial charge in [-0.15, -0.1) is 0 Å². The number of carbonyl (C=O) groups is 1. The van der Waals surface area contributed by atoms with E-state index in [0.29, 0.717) is 6.04 Å². The number of likely N-dealkylation sites (tertiary alicyclic amines) is 2. The number of piperidine rings is 2. The fourth-order valence-electron chi connectivity index (χ4n) is 4.99. The summed E-state index contributed by atoms with van der Waals surface area (Å²) in [5.41, 5.74) is 2.47. The predicted octanol–water partition coefficient (Wildman–Crippen LogP) is 4.09. The lowest BCUT2D eigenvalue weighted by molar-refractivity contribution is 0.0426. The van der Waals surface area contributed by atoms with Gasteiger partial charge in [-0.2, -0.15) is 0 Å². The molecule has 2 aliphatic heterocycles. The van der Waals surface area contributed by atoms with E-state index >= 15 is 0 Å². The average molecular weight is 431 g/mol. The molecule has 1 amide bonds. The van der Waals surface area contributed by atoms with Crippen molar-refractivity contribution in [2.24, 2.45) is 0 Å². The van der Waals surface area contributed by atoms with Crippen LogP contribution in [0.15, 0.2) is 54.9 Å². The molecular weight excluding hydrogens is 400 g/mol. The van der Waals surface area contributed by atoms with E-state index in [2.05, 4.69) is 14.9 Å². The minimum absolute atomic E-state index is 0.108. The Hall–Kier alpha value is -2.99. The van der Waals surface area contributed by atoms with E-state index < -0.39 is 0 Å². The fraction of sp³-hybridized carbons (Fsp3) is 0.423. The molecule has 32 heavy (non-hydrogen) atoms. The maximum atomic E-state index is 13.3. The maximum Gasteiger partial charge on any atom is 0.256 e. The van der Waals surface area contributed by atoms with Crippen molar-refractivity contribution < 1.29 is 9.53 Å². The summed E-state index contributed by atoms with van der Waals surface area (Å²) in [5.74, 6) is 1.01. The standard InChI is InChI=1S/C26H30N4O2/c1-19-5-6-20-3-2-4-24(25(20)28-19)26(31)30-15-9-21(10-16-30)29-17-11-23(12-18-29)32-22-7-13-27-14-8-22/h2-8,13-14,21,23H,9-12,15-18H2,1H3. The Morgan fingerprint density at radius 2 is 1.69 bits per heavy atom. The third-order valence-corrected chi connectivity index (χ3v) is 6.79. The SMILES string of the molecule is Cc1ccc2cccc(C(=O)N3CCC(N4CCC(Oc5ccncc5)CC4)CC3)c2n1. The largest absolute Gasteiger partial charge is 0.490 e. The summed E-state index contributed by atoms with van der Waals surface area (Å²) in [4.78, 5) is 26.6. The normalized spacial score (nSPS) is 18.7. The summed E-state index contributed by atoms with van der Waals surface area (Å²) in [6.07, 6.45) is 7.96. The zero-order valence-corrected chi connectivity index (χ0v) is 18.6. The molecule has 0 aliphatic carbocycles. The van der Waals surface area contributed by atoms with E-state index in [9.17, 15) is 4.79 Å². The Morgan fingerprint density at radius 1 is 0.938 bits per heavy atom. The molecule has 166 valence electrons. The lowest BCUT2D eigenvalue weighted by Gasteiger charge is -2.41. The highest BCUT2D eigenvalue weighted by Crippen LogP contribution is 2.25. The van der Waals surface area contributed by atoms with Crippen LogP contribution in [0.5, 0.6) is 5.75 Å². The predicted molar refractivity (Wildman–Crippen MR) is 125 cm³/mol. The van der Waals surface area contributed by atoms with Gasteiger partial charge in [0.1, 0.15) is 11.9 Å². The molecule has 2 aromatic heterocycles. The van der Waals surface area contributed by atoms with E-state index in [0.717, 1.165) is 79.8 Å². The maximum absolute atomic E-state index is 13.3. The summed E-state index contributed by atoms with van der Waals surface area (Å²) in [6, 6.07) is 14.3. The number of fused-ring (bicyclic) bond motifs is 1. The number of carbonyl (C=O) groups excluding carboxylic acids is 1. The van der Waals surface area contributed by atoms with Crippen LogP contribution in [0.2, 0.25) is 0 Å². The summed E-state index contributed by atoms with van der Waals surface area (Å²) in [6.45, 7) is 5.69. The van der Waals surface area contributed by atoms with Crippen molar-refractivity contribution in [3.05, 3.63) is 66.1 Å². The molecule has 2 fully saturated rings. The fourth-order valence-corrected chi connectivity index (χ4v) is 4.99. The van der Waals surface area contributed by atoms with Crippen molar-refractivity contribution >= 4 is 16.8 Å². The Morgan fingerprint density at radius 3 is 2.44 bits per heavy atom. The topological polar surface area (TPSA) is 58.6 Å². The highest BCUT2D eigenvalue weighted by molar-refractivity contribution is 6.05. The van der Waals surface area contributed by atoms with Gasteiger partial charge in [-0.3, -0.25) is 19.7 Å². The van der Waals surface area contributed by atoms with Gasteiger partial charge in [0.25, 0.3) is 5.91 Å². The summed E-state index contributed by atoms with van der Waals surface area (Å²) in [5, 5.41) is 1.02. The van der Waals surface area contributed by atoms with Crippen LogP contribution in [0.4, 0.5) is 0 Å². The summed E-state index contributed by atoms with van der Waals surface area (Å²) < 4.78 is 6.11. The second kappa shape index (κ2) is 9.25. The second-order valence-electron chi connectivity index (χ2n) is 8.89. The molecule has 0 saturated carbocycles. The van der Waals surface area contributed by atoms with Crippen LogP contribution >= 0.6 is 0 Å². The molecule has 2 saturated heterocycles. The number of benzene rings is 1. The van der Waals surface area contributed by atoms with Crippen LogP contribution in [0.3, 0.4) is 0 Å². The molecule has 0 spiro atoms. The van der Waals surface area contributed by atoms with Crippen LogP contribution in [0.25, 0.3) is 10.9 Å². The van der Waals surface area contributed by atoms with Crippen molar-refractivity contribution in [2.45, 2.75) is 44.8 Å². The molecule has 1 aromatic carbocycles. The molecular formula is C26H30N4O2. The molecule has 2 aliphatic rings. The smallest absolute Gasteiger partial charge is 0.256 e. The first kappa shape index (κ1) is 20.9. The molecule has 0 bridgehead atoms. The number of aromatic nitrogens is 2. The lowest BCUT2D eigenvalue weighted by atomic mass is 9.98.